The summed E-state index contributed by atoms with van der Waals surface area (Å²) in [6.07, 6.45) is 3.47. The SMILES string of the molecule is COC(=O)c1ccc2c(c1)nc(Nc1cccc(O)c1)c1ccncc12. The molecule has 0 atom stereocenters. The largest absolute Gasteiger partial charge is 0.508 e. The predicted molar refractivity (Wildman–Crippen MR) is 99.8 cm³/mol. The number of pyridine rings is 2. The lowest BCUT2D eigenvalue weighted by Crippen LogP contribution is -2.02. The number of carbonyl (C=O) groups is 1. The van der Waals surface area contributed by atoms with Crippen molar-refractivity contribution in [3.63, 3.8) is 0 Å². The van der Waals surface area contributed by atoms with Gasteiger partial charge in [-0.25, -0.2) is 9.78 Å². The second kappa shape index (κ2) is 6.33. The molecule has 4 rings (SSSR count). The standard InChI is InChI=1S/C20H15N3O3/c1-26-20(25)12-5-6-15-17-11-21-8-7-16(17)19(23-18(15)9-12)22-13-3-2-4-14(24)10-13/h2-11,24H,1H3,(H,22,23). The van der Waals surface area contributed by atoms with Crippen LogP contribution < -0.4 is 5.32 Å². The Hall–Kier alpha value is -3.67. The van der Waals surface area contributed by atoms with Crippen molar-refractivity contribution >= 4 is 39.1 Å². The predicted octanol–water partition coefficient (Wildman–Crippen LogP) is 4.02. The van der Waals surface area contributed by atoms with Crippen molar-refractivity contribution in [2.75, 3.05) is 12.4 Å². The highest BCUT2D eigenvalue weighted by molar-refractivity contribution is 6.11. The number of esters is 1. The molecule has 6 heteroatoms. The molecular weight excluding hydrogens is 330 g/mol. The number of benzene rings is 2. The van der Waals surface area contributed by atoms with Crippen LogP contribution in [0.15, 0.2) is 60.9 Å². The minimum absolute atomic E-state index is 0.162. The summed E-state index contributed by atoms with van der Waals surface area (Å²) in [5, 5.41) is 15.6. The van der Waals surface area contributed by atoms with Crippen molar-refractivity contribution in [2.45, 2.75) is 0 Å². The van der Waals surface area contributed by atoms with Crippen LogP contribution >= 0.6 is 0 Å². The molecule has 0 aliphatic carbocycles. The van der Waals surface area contributed by atoms with E-state index in [0.717, 1.165) is 16.2 Å². The van der Waals surface area contributed by atoms with Gasteiger partial charge >= 0.3 is 5.97 Å². The molecule has 0 radical (unpaired) electrons. The number of hydrogen-bond acceptors (Lipinski definition) is 6. The first-order valence-electron chi connectivity index (χ1n) is 7.97. The highest BCUT2D eigenvalue weighted by Gasteiger charge is 2.12. The van der Waals surface area contributed by atoms with E-state index in [1.165, 1.54) is 7.11 Å². The fourth-order valence-corrected chi connectivity index (χ4v) is 2.91. The second-order valence-electron chi connectivity index (χ2n) is 5.78. The molecule has 4 aromatic rings. The van der Waals surface area contributed by atoms with Gasteiger partial charge in [0.15, 0.2) is 0 Å². The molecule has 128 valence electrons. The van der Waals surface area contributed by atoms with Crippen LogP contribution in [0.2, 0.25) is 0 Å². The summed E-state index contributed by atoms with van der Waals surface area (Å²) in [6.45, 7) is 0. The number of anilines is 2. The minimum Gasteiger partial charge on any atom is -0.508 e. The molecule has 6 nitrogen and oxygen atoms in total. The molecule has 0 bridgehead atoms. The Kier molecular flexibility index (Phi) is 3.85. The van der Waals surface area contributed by atoms with Crippen LogP contribution in [-0.2, 0) is 4.74 Å². The topological polar surface area (TPSA) is 84.3 Å². The zero-order valence-corrected chi connectivity index (χ0v) is 13.9. The highest BCUT2D eigenvalue weighted by Crippen LogP contribution is 2.31. The molecule has 2 aromatic carbocycles. The molecule has 0 saturated carbocycles. The van der Waals surface area contributed by atoms with Crippen LogP contribution in [-0.4, -0.2) is 28.2 Å². The fourth-order valence-electron chi connectivity index (χ4n) is 2.91. The van der Waals surface area contributed by atoms with Gasteiger partial charge in [0.05, 0.1) is 18.2 Å². The number of methoxy groups -OCH3 is 1. The van der Waals surface area contributed by atoms with E-state index in [-0.39, 0.29) is 5.75 Å². The zero-order chi connectivity index (χ0) is 18.1. The van der Waals surface area contributed by atoms with Crippen molar-refractivity contribution in [1.82, 2.24) is 9.97 Å². The maximum atomic E-state index is 11.8. The van der Waals surface area contributed by atoms with Crippen LogP contribution in [0.5, 0.6) is 5.75 Å². The first-order chi connectivity index (χ1) is 12.7. The van der Waals surface area contributed by atoms with Gasteiger partial charge in [0.25, 0.3) is 0 Å². The summed E-state index contributed by atoms with van der Waals surface area (Å²) in [5.74, 6) is 0.361. The van der Waals surface area contributed by atoms with Crippen molar-refractivity contribution in [2.24, 2.45) is 0 Å². The van der Waals surface area contributed by atoms with Crippen molar-refractivity contribution < 1.29 is 14.6 Å². The molecule has 0 aliphatic heterocycles. The van der Waals surface area contributed by atoms with E-state index in [1.54, 1.807) is 42.7 Å². The monoisotopic (exact) mass is 345 g/mol. The van der Waals surface area contributed by atoms with Gasteiger partial charge in [0, 0.05) is 40.3 Å². The van der Waals surface area contributed by atoms with Crippen molar-refractivity contribution in [1.29, 1.82) is 0 Å². The Morgan fingerprint density at radius 3 is 2.77 bits per heavy atom. The molecule has 2 heterocycles. The smallest absolute Gasteiger partial charge is 0.337 e. The van der Waals surface area contributed by atoms with Gasteiger partial charge in [-0.3, -0.25) is 4.98 Å². The van der Waals surface area contributed by atoms with E-state index >= 15 is 0 Å². The molecule has 0 aliphatic rings. The average Bonchev–Trinajstić information content (AvgIpc) is 2.67. The van der Waals surface area contributed by atoms with Gasteiger partial charge in [0.1, 0.15) is 11.6 Å². The van der Waals surface area contributed by atoms with E-state index in [0.29, 0.717) is 22.6 Å². The summed E-state index contributed by atoms with van der Waals surface area (Å²) in [6, 6.07) is 13.9. The number of ether oxygens (including phenoxy) is 1. The summed E-state index contributed by atoms with van der Waals surface area (Å²) in [5.41, 5.74) is 1.79. The Morgan fingerprint density at radius 1 is 1.08 bits per heavy atom. The number of phenolic OH excluding ortho intramolecular Hbond substituents is 1. The number of rotatable bonds is 3. The van der Waals surface area contributed by atoms with Gasteiger partial charge in [-0.2, -0.15) is 0 Å². The molecule has 0 spiro atoms. The summed E-state index contributed by atoms with van der Waals surface area (Å²) < 4.78 is 4.79. The second-order valence-corrected chi connectivity index (χ2v) is 5.78. The lowest BCUT2D eigenvalue weighted by atomic mass is 10.1. The maximum absolute atomic E-state index is 11.8. The Morgan fingerprint density at radius 2 is 1.96 bits per heavy atom. The molecule has 0 saturated heterocycles. The number of fused-ring (bicyclic) bond motifs is 3. The Bertz CT molecular complexity index is 1140. The van der Waals surface area contributed by atoms with E-state index < -0.39 is 5.97 Å². The molecule has 0 fully saturated rings. The average molecular weight is 345 g/mol. The fraction of sp³-hybridized carbons (Fsp3) is 0.0500. The molecular formula is C20H15N3O3. The highest BCUT2D eigenvalue weighted by atomic mass is 16.5. The third-order valence-electron chi connectivity index (χ3n) is 4.13. The number of aromatic hydroxyl groups is 1. The third-order valence-corrected chi connectivity index (χ3v) is 4.13. The van der Waals surface area contributed by atoms with Crippen LogP contribution in [0.1, 0.15) is 10.4 Å². The molecule has 0 unspecified atom stereocenters. The van der Waals surface area contributed by atoms with Crippen molar-refractivity contribution in [3.8, 4) is 5.75 Å². The van der Waals surface area contributed by atoms with Gasteiger partial charge < -0.3 is 15.2 Å². The van der Waals surface area contributed by atoms with Crippen LogP contribution in [0.3, 0.4) is 0 Å². The molecule has 26 heavy (non-hydrogen) atoms. The first kappa shape index (κ1) is 15.8. The normalized spacial score (nSPS) is 10.8. The van der Waals surface area contributed by atoms with E-state index in [2.05, 4.69) is 15.3 Å². The minimum atomic E-state index is -0.414. The van der Waals surface area contributed by atoms with Crippen LogP contribution in [0.25, 0.3) is 21.7 Å². The maximum Gasteiger partial charge on any atom is 0.337 e. The number of carbonyl (C=O) groups excluding carboxylic acids is 1. The number of hydrogen-bond donors (Lipinski definition) is 2. The van der Waals surface area contributed by atoms with Gasteiger partial charge in [-0.15, -0.1) is 0 Å². The number of phenols is 1. The first-order valence-corrected chi connectivity index (χ1v) is 7.97. The van der Waals surface area contributed by atoms with Crippen LogP contribution in [0.4, 0.5) is 11.5 Å². The zero-order valence-electron chi connectivity index (χ0n) is 13.9. The molecule has 2 N–H and O–H groups in total. The summed E-state index contributed by atoms with van der Waals surface area (Å²) >= 11 is 0. The van der Waals surface area contributed by atoms with Gasteiger partial charge in [-0.05, 0) is 30.3 Å². The van der Waals surface area contributed by atoms with Crippen LogP contribution in [0, 0.1) is 0 Å². The Labute approximate surface area is 149 Å². The molecule has 2 aromatic heterocycles. The van der Waals surface area contributed by atoms with E-state index in [9.17, 15) is 9.90 Å². The third kappa shape index (κ3) is 2.77. The summed E-state index contributed by atoms with van der Waals surface area (Å²) in [4.78, 5) is 20.7. The van der Waals surface area contributed by atoms with Crippen molar-refractivity contribution in [3.05, 3.63) is 66.5 Å². The molecule has 0 amide bonds. The van der Waals surface area contributed by atoms with E-state index in [4.69, 9.17) is 4.74 Å². The number of nitrogens with zero attached hydrogens (tertiary/aromatic N) is 2. The Balaban J connectivity index is 1.93. The van der Waals surface area contributed by atoms with Gasteiger partial charge in [0.2, 0.25) is 0 Å². The number of nitrogens with one attached hydrogen (secondary N) is 1. The lowest BCUT2D eigenvalue weighted by molar-refractivity contribution is 0.0601. The van der Waals surface area contributed by atoms with E-state index in [1.807, 2.05) is 18.2 Å². The summed E-state index contributed by atoms with van der Waals surface area (Å²) in [7, 11) is 1.35. The van der Waals surface area contributed by atoms with Gasteiger partial charge in [-0.1, -0.05) is 12.1 Å². The lowest BCUT2D eigenvalue weighted by Gasteiger charge is -2.12. The quantitative estimate of drug-likeness (QED) is 0.431. The number of aromatic nitrogens is 2.